The third-order valence-corrected chi connectivity index (χ3v) is 3.55. The summed E-state index contributed by atoms with van der Waals surface area (Å²) in [5.41, 5.74) is 5.69. The molecular formula is C14H28N2O2. The molecule has 0 saturated heterocycles. The van der Waals surface area contributed by atoms with E-state index < -0.39 is 5.60 Å². The molecule has 3 N–H and O–H groups in total. The van der Waals surface area contributed by atoms with Crippen molar-refractivity contribution in [2.75, 3.05) is 6.54 Å². The van der Waals surface area contributed by atoms with Crippen LogP contribution in [0.2, 0.25) is 0 Å². The van der Waals surface area contributed by atoms with E-state index in [1.807, 2.05) is 20.8 Å². The van der Waals surface area contributed by atoms with Crippen molar-refractivity contribution in [2.45, 2.75) is 65.0 Å². The van der Waals surface area contributed by atoms with Crippen LogP contribution in [-0.4, -0.2) is 24.3 Å². The molecule has 0 aliphatic heterocycles. The fourth-order valence-corrected chi connectivity index (χ4v) is 2.40. The Morgan fingerprint density at radius 2 is 1.89 bits per heavy atom. The van der Waals surface area contributed by atoms with Gasteiger partial charge in [0, 0.05) is 12.6 Å². The Kier molecular flexibility index (Phi) is 5.45. The minimum absolute atomic E-state index is 0.0463. The van der Waals surface area contributed by atoms with Crippen molar-refractivity contribution in [1.82, 2.24) is 5.32 Å². The molecule has 1 aliphatic carbocycles. The van der Waals surface area contributed by atoms with Gasteiger partial charge in [0.2, 0.25) is 0 Å². The number of rotatable bonds is 3. The molecule has 1 amide bonds. The first kappa shape index (κ1) is 15.3. The normalized spacial score (nSPS) is 26.5. The molecule has 4 heteroatoms. The summed E-state index contributed by atoms with van der Waals surface area (Å²) in [6.07, 6.45) is 4.49. The predicted octanol–water partition coefficient (Wildman–Crippen LogP) is 2.66. The summed E-state index contributed by atoms with van der Waals surface area (Å²) in [5, 5.41) is 2.76. The van der Waals surface area contributed by atoms with E-state index in [4.69, 9.17) is 10.5 Å². The molecule has 0 heterocycles. The molecule has 18 heavy (non-hydrogen) atoms. The van der Waals surface area contributed by atoms with Gasteiger partial charge < -0.3 is 15.8 Å². The Morgan fingerprint density at radius 1 is 1.33 bits per heavy atom. The monoisotopic (exact) mass is 256 g/mol. The van der Waals surface area contributed by atoms with E-state index >= 15 is 0 Å². The largest absolute Gasteiger partial charge is 0.444 e. The number of ether oxygens (including phenoxy) is 1. The summed E-state index contributed by atoms with van der Waals surface area (Å²) in [5.74, 6) is 1.36. The first-order valence-electron chi connectivity index (χ1n) is 7.00. The van der Waals surface area contributed by atoms with Crippen LogP contribution in [-0.2, 0) is 4.74 Å². The number of hydrogen-bond acceptors (Lipinski definition) is 3. The Labute approximate surface area is 111 Å². The lowest BCUT2D eigenvalue weighted by atomic mass is 9.79. The highest BCUT2D eigenvalue weighted by Gasteiger charge is 2.24. The second kappa shape index (κ2) is 6.41. The molecular weight excluding hydrogens is 228 g/mol. The van der Waals surface area contributed by atoms with Gasteiger partial charge in [0.05, 0.1) is 0 Å². The van der Waals surface area contributed by atoms with Crippen molar-refractivity contribution >= 4 is 6.09 Å². The Morgan fingerprint density at radius 3 is 2.39 bits per heavy atom. The van der Waals surface area contributed by atoms with Gasteiger partial charge in [-0.15, -0.1) is 0 Å². The molecule has 1 saturated carbocycles. The molecule has 1 unspecified atom stereocenters. The Bertz CT molecular complexity index is 265. The molecule has 0 radical (unpaired) electrons. The van der Waals surface area contributed by atoms with Crippen molar-refractivity contribution in [3.05, 3.63) is 0 Å². The van der Waals surface area contributed by atoms with Crippen LogP contribution in [0.25, 0.3) is 0 Å². The van der Waals surface area contributed by atoms with Crippen molar-refractivity contribution in [2.24, 2.45) is 17.6 Å². The first-order chi connectivity index (χ1) is 8.28. The quantitative estimate of drug-likeness (QED) is 0.816. The van der Waals surface area contributed by atoms with Gasteiger partial charge in [0.1, 0.15) is 5.60 Å². The van der Waals surface area contributed by atoms with E-state index in [1.165, 1.54) is 25.7 Å². The third kappa shape index (κ3) is 5.71. The molecule has 1 rings (SSSR count). The van der Waals surface area contributed by atoms with Crippen molar-refractivity contribution < 1.29 is 9.53 Å². The number of alkyl carbamates (subject to hydrolysis) is 1. The lowest BCUT2D eigenvalue weighted by Crippen LogP contribution is -2.44. The van der Waals surface area contributed by atoms with E-state index in [0.29, 0.717) is 12.5 Å². The number of nitrogens with one attached hydrogen (secondary N) is 1. The van der Waals surface area contributed by atoms with Gasteiger partial charge in [0.25, 0.3) is 0 Å². The number of carbonyl (C=O) groups is 1. The summed E-state index contributed by atoms with van der Waals surface area (Å²) in [6.45, 7) is 8.37. The highest BCUT2D eigenvalue weighted by atomic mass is 16.6. The van der Waals surface area contributed by atoms with Gasteiger partial charge in [-0.05, 0) is 45.4 Å². The highest BCUT2D eigenvalue weighted by molar-refractivity contribution is 5.67. The summed E-state index contributed by atoms with van der Waals surface area (Å²) in [4.78, 5) is 11.5. The average Bonchev–Trinajstić information content (AvgIpc) is 2.24. The first-order valence-corrected chi connectivity index (χ1v) is 7.00. The fourth-order valence-electron chi connectivity index (χ4n) is 2.40. The highest BCUT2D eigenvalue weighted by Crippen LogP contribution is 2.29. The van der Waals surface area contributed by atoms with Gasteiger partial charge >= 0.3 is 6.09 Å². The van der Waals surface area contributed by atoms with Crippen LogP contribution in [0.4, 0.5) is 4.79 Å². The van der Waals surface area contributed by atoms with Gasteiger partial charge in [0.15, 0.2) is 0 Å². The Balaban J connectivity index is 2.24. The minimum atomic E-state index is -0.450. The molecule has 106 valence electrons. The lowest BCUT2D eigenvalue weighted by Gasteiger charge is -2.30. The zero-order chi connectivity index (χ0) is 13.8. The lowest BCUT2D eigenvalue weighted by molar-refractivity contribution is 0.0519. The molecule has 0 spiro atoms. The fraction of sp³-hybridized carbons (Fsp3) is 0.929. The molecule has 1 atom stereocenters. The van der Waals surface area contributed by atoms with Crippen LogP contribution in [0, 0.1) is 11.8 Å². The van der Waals surface area contributed by atoms with Crippen molar-refractivity contribution in [3.63, 3.8) is 0 Å². The van der Waals surface area contributed by atoms with Crippen molar-refractivity contribution in [3.8, 4) is 0 Å². The summed E-state index contributed by atoms with van der Waals surface area (Å²) in [7, 11) is 0. The van der Waals surface area contributed by atoms with Gasteiger partial charge in [-0.25, -0.2) is 4.79 Å². The molecule has 0 aromatic rings. The maximum atomic E-state index is 11.5. The number of carbonyl (C=O) groups excluding carboxylic acids is 1. The van der Waals surface area contributed by atoms with Crippen molar-refractivity contribution in [1.29, 1.82) is 0 Å². The smallest absolute Gasteiger partial charge is 0.407 e. The van der Waals surface area contributed by atoms with Crippen LogP contribution < -0.4 is 11.1 Å². The standard InChI is InChI=1S/C14H28N2O2/c1-10-5-7-11(8-6-10)12(15)9-16-13(17)18-14(2,3)4/h10-12H,5-9,15H2,1-4H3,(H,16,17). The second-order valence-corrected chi connectivity index (χ2v) is 6.57. The van der Waals surface area contributed by atoms with E-state index in [2.05, 4.69) is 12.2 Å². The number of nitrogens with two attached hydrogens (primary N) is 1. The predicted molar refractivity (Wildman–Crippen MR) is 73.3 cm³/mol. The second-order valence-electron chi connectivity index (χ2n) is 6.57. The molecule has 0 bridgehead atoms. The molecule has 0 aromatic carbocycles. The van der Waals surface area contributed by atoms with Crippen LogP contribution in [0.1, 0.15) is 53.4 Å². The van der Waals surface area contributed by atoms with E-state index in [-0.39, 0.29) is 12.1 Å². The Hall–Kier alpha value is -0.770. The van der Waals surface area contributed by atoms with Gasteiger partial charge in [-0.2, -0.15) is 0 Å². The third-order valence-electron chi connectivity index (χ3n) is 3.55. The summed E-state index contributed by atoms with van der Waals surface area (Å²) in [6, 6.07) is 0.0463. The summed E-state index contributed by atoms with van der Waals surface area (Å²) >= 11 is 0. The number of amides is 1. The van der Waals surface area contributed by atoms with E-state index in [1.54, 1.807) is 0 Å². The average molecular weight is 256 g/mol. The van der Waals surface area contributed by atoms with Gasteiger partial charge in [-0.1, -0.05) is 19.8 Å². The van der Waals surface area contributed by atoms with Crippen LogP contribution in [0.15, 0.2) is 0 Å². The molecule has 1 aliphatic rings. The van der Waals surface area contributed by atoms with Gasteiger partial charge in [-0.3, -0.25) is 0 Å². The molecule has 0 aromatic heterocycles. The van der Waals surface area contributed by atoms with Crippen LogP contribution >= 0.6 is 0 Å². The van der Waals surface area contributed by atoms with Crippen LogP contribution in [0.5, 0.6) is 0 Å². The molecule has 1 fully saturated rings. The molecule has 4 nitrogen and oxygen atoms in total. The zero-order valence-corrected chi connectivity index (χ0v) is 12.2. The van der Waals surface area contributed by atoms with E-state index in [9.17, 15) is 4.79 Å². The van der Waals surface area contributed by atoms with E-state index in [0.717, 1.165) is 5.92 Å². The minimum Gasteiger partial charge on any atom is -0.444 e. The zero-order valence-electron chi connectivity index (χ0n) is 12.2. The maximum absolute atomic E-state index is 11.5. The van der Waals surface area contributed by atoms with Crippen LogP contribution in [0.3, 0.4) is 0 Å². The number of hydrogen-bond donors (Lipinski definition) is 2. The topological polar surface area (TPSA) is 64.3 Å². The summed E-state index contributed by atoms with van der Waals surface area (Å²) < 4.78 is 5.19. The SMILES string of the molecule is CC1CCC(C(N)CNC(=O)OC(C)(C)C)CC1. The maximum Gasteiger partial charge on any atom is 0.407 e.